The lowest BCUT2D eigenvalue weighted by Gasteiger charge is -2.34. The number of hydrogen-bond donors (Lipinski definition) is 0. The fourth-order valence-corrected chi connectivity index (χ4v) is 8.40. The smallest absolute Gasteiger partial charge is 0.142 e. The number of nitrogens with zero attached hydrogens (tertiary/aromatic N) is 5. The van der Waals surface area contributed by atoms with Crippen molar-refractivity contribution in [1.29, 1.82) is 0 Å². The lowest BCUT2D eigenvalue weighted by Crippen LogP contribution is -2.19. The van der Waals surface area contributed by atoms with Crippen molar-refractivity contribution in [3.63, 3.8) is 0 Å². The summed E-state index contributed by atoms with van der Waals surface area (Å²) in [6.07, 6.45) is 3.98. The minimum atomic E-state index is -0.218. The van der Waals surface area contributed by atoms with Gasteiger partial charge in [-0.25, -0.2) is 4.98 Å². The van der Waals surface area contributed by atoms with Crippen molar-refractivity contribution in [2.45, 2.75) is 52.4 Å². The molecule has 0 aliphatic carbocycles. The third-order valence-electron chi connectivity index (χ3n) is 11.4. The standard InChI is InChI=1S/C55H50ClN5/c1-54(2,3)40-30-32-44(33-31-40)59(48-28-17-20-39-19-13-14-27-47(39)48)45-25-18-26-46(37-45)60(42-21-9-7-10-22-42)49-35-41(55(4,5)6)36-50(53(49)56)61(43-23-11-8-12-24-43)52-38-57-51-29-15-16-34-58(51)52/h7-38H,1-6H3. The van der Waals surface area contributed by atoms with Crippen LogP contribution >= 0.6 is 11.6 Å². The summed E-state index contributed by atoms with van der Waals surface area (Å²) in [5, 5.41) is 2.97. The van der Waals surface area contributed by atoms with Gasteiger partial charge in [0.05, 0.1) is 28.3 Å². The molecule has 0 amide bonds. The number of anilines is 9. The van der Waals surface area contributed by atoms with E-state index in [0.717, 1.165) is 62.5 Å². The Bertz CT molecular complexity index is 2960. The Hall–Kier alpha value is -6.82. The van der Waals surface area contributed by atoms with Crippen LogP contribution in [0.5, 0.6) is 0 Å². The van der Waals surface area contributed by atoms with Crippen LogP contribution in [-0.4, -0.2) is 9.38 Å². The molecule has 0 N–H and O–H groups in total. The van der Waals surface area contributed by atoms with E-state index in [-0.39, 0.29) is 10.8 Å². The minimum absolute atomic E-state index is 0.0276. The van der Waals surface area contributed by atoms with E-state index in [1.165, 1.54) is 16.3 Å². The fraction of sp³-hybridized carbons (Fsp3) is 0.145. The van der Waals surface area contributed by atoms with Gasteiger partial charge in [0.15, 0.2) is 0 Å². The number of halogens is 1. The summed E-state index contributed by atoms with van der Waals surface area (Å²) in [7, 11) is 0. The highest BCUT2D eigenvalue weighted by Gasteiger charge is 2.28. The van der Waals surface area contributed by atoms with Crippen LogP contribution in [-0.2, 0) is 10.8 Å². The van der Waals surface area contributed by atoms with Crippen molar-refractivity contribution in [2.75, 3.05) is 14.7 Å². The van der Waals surface area contributed by atoms with E-state index in [9.17, 15) is 0 Å². The van der Waals surface area contributed by atoms with E-state index in [1.807, 2.05) is 30.5 Å². The van der Waals surface area contributed by atoms with Crippen molar-refractivity contribution in [3.05, 3.63) is 211 Å². The quantitative estimate of drug-likeness (QED) is 0.145. The Labute approximate surface area is 364 Å². The highest BCUT2D eigenvalue weighted by Crippen LogP contribution is 2.50. The summed E-state index contributed by atoms with van der Waals surface area (Å²) >= 11 is 7.93. The van der Waals surface area contributed by atoms with Crippen LogP contribution in [0.3, 0.4) is 0 Å². The van der Waals surface area contributed by atoms with Gasteiger partial charge in [-0.1, -0.05) is 150 Å². The van der Waals surface area contributed by atoms with E-state index in [4.69, 9.17) is 16.6 Å². The van der Waals surface area contributed by atoms with Gasteiger partial charge in [-0.2, -0.15) is 0 Å². The first-order valence-electron chi connectivity index (χ1n) is 20.9. The molecule has 302 valence electrons. The predicted molar refractivity (Wildman–Crippen MR) is 259 cm³/mol. The van der Waals surface area contributed by atoms with Gasteiger partial charge in [0, 0.05) is 40.0 Å². The number of fused-ring (bicyclic) bond motifs is 2. The molecule has 0 radical (unpaired) electrons. The molecule has 0 unspecified atom stereocenters. The van der Waals surface area contributed by atoms with Crippen molar-refractivity contribution in [3.8, 4) is 0 Å². The molecular weight excluding hydrogens is 766 g/mol. The highest BCUT2D eigenvalue weighted by molar-refractivity contribution is 6.36. The molecule has 2 aromatic heterocycles. The molecule has 9 aromatic rings. The molecule has 0 fully saturated rings. The summed E-state index contributed by atoms with van der Waals surface area (Å²) in [6.45, 7) is 13.5. The zero-order valence-corrected chi connectivity index (χ0v) is 36.3. The van der Waals surface area contributed by atoms with Crippen molar-refractivity contribution in [2.24, 2.45) is 0 Å². The molecule has 7 aromatic carbocycles. The van der Waals surface area contributed by atoms with Crippen LogP contribution < -0.4 is 14.7 Å². The average Bonchev–Trinajstić information content (AvgIpc) is 3.69. The number of para-hydroxylation sites is 2. The van der Waals surface area contributed by atoms with E-state index < -0.39 is 0 Å². The number of benzene rings is 7. The summed E-state index contributed by atoms with van der Waals surface area (Å²) in [5.41, 5.74) is 11.0. The number of pyridine rings is 1. The molecule has 6 heteroatoms. The lowest BCUT2D eigenvalue weighted by molar-refractivity contribution is 0.590. The summed E-state index contributed by atoms with van der Waals surface area (Å²) in [6, 6.07) is 64.5. The van der Waals surface area contributed by atoms with Gasteiger partial charge in [-0.05, 0) is 112 Å². The largest absolute Gasteiger partial charge is 0.310 e. The molecule has 0 saturated carbocycles. The van der Waals surface area contributed by atoms with Crippen LogP contribution in [0.2, 0.25) is 5.02 Å². The zero-order chi connectivity index (χ0) is 42.3. The van der Waals surface area contributed by atoms with Gasteiger partial charge < -0.3 is 9.80 Å². The predicted octanol–water partition coefficient (Wildman–Crippen LogP) is 16.1. The topological polar surface area (TPSA) is 27.0 Å². The number of rotatable bonds is 9. The first-order chi connectivity index (χ1) is 29.5. The molecule has 2 heterocycles. The lowest BCUT2D eigenvalue weighted by atomic mass is 9.86. The van der Waals surface area contributed by atoms with E-state index in [2.05, 4.69) is 225 Å². The second-order valence-electron chi connectivity index (χ2n) is 17.6. The molecule has 61 heavy (non-hydrogen) atoms. The van der Waals surface area contributed by atoms with Crippen LogP contribution in [0.4, 0.5) is 51.3 Å². The Morgan fingerprint density at radius 2 is 0.951 bits per heavy atom. The zero-order valence-electron chi connectivity index (χ0n) is 35.6. The first kappa shape index (κ1) is 39.6. The Morgan fingerprint density at radius 1 is 0.443 bits per heavy atom. The van der Waals surface area contributed by atoms with Gasteiger partial charge in [0.2, 0.25) is 0 Å². The molecule has 0 aliphatic heterocycles. The molecule has 0 aliphatic rings. The normalized spacial score (nSPS) is 11.9. The second-order valence-corrected chi connectivity index (χ2v) is 18.0. The van der Waals surface area contributed by atoms with Crippen molar-refractivity contribution in [1.82, 2.24) is 9.38 Å². The maximum Gasteiger partial charge on any atom is 0.142 e. The number of aromatic nitrogens is 2. The summed E-state index contributed by atoms with van der Waals surface area (Å²) in [4.78, 5) is 11.7. The van der Waals surface area contributed by atoms with Crippen LogP contribution in [0.15, 0.2) is 194 Å². The highest BCUT2D eigenvalue weighted by atomic mass is 35.5. The van der Waals surface area contributed by atoms with Gasteiger partial charge in [-0.15, -0.1) is 0 Å². The van der Waals surface area contributed by atoms with Crippen LogP contribution in [0.1, 0.15) is 52.7 Å². The van der Waals surface area contributed by atoms with E-state index in [0.29, 0.717) is 5.02 Å². The maximum atomic E-state index is 7.93. The summed E-state index contributed by atoms with van der Waals surface area (Å²) in [5.74, 6) is 0.886. The molecule has 0 bridgehead atoms. The fourth-order valence-electron chi connectivity index (χ4n) is 8.13. The third kappa shape index (κ3) is 7.74. The van der Waals surface area contributed by atoms with Gasteiger partial charge >= 0.3 is 0 Å². The molecule has 5 nitrogen and oxygen atoms in total. The number of hydrogen-bond acceptors (Lipinski definition) is 4. The van der Waals surface area contributed by atoms with E-state index in [1.54, 1.807) is 0 Å². The molecule has 0 atom stereocenters. The molecular formula is C55H50ClN5. The number of imidazole rings is 1. The van der Waals surface area contributed by atoms with Gasteiger partial charge in [0.1, 0.15) is 11.5 Å². The maximum absolute atomic E-state index is 7.93. The van der Waals surface area contributed by atoms with Gasteiger partial charge in [0.25, 0.3) is 0 Å². The van der Waals surface area contributed by atoms with Crippen molar-refractivity contribution < 1.29 is 0 Å². The Balaban J connectivity index is 1.28. The SMILES string of the molecule is CC(C)(C)c1ccc(N(c2cccc(N(c3ccccc3)c3cc(C(C)(C)C)cc(N(c4ccccc4)c4cnc5ccccn45)c3Cl)c2)c2cccc3ccccc23)cc1. The average molecular weight is 816 g/mol. The Morgan fingerprint density at radius 3 is 1.61 bits per heavy atom. The van der Waals surface area contributed by atoms with Crippen LogP contribution in [0.25, 0.3) is 16.4 Å². The van der Waals surface area contributed by atoms with E-state index >= 15 is 0 Å². The molecule has 0 spiro atoms. The Kier molecular flexibility index (Phi) is 10.4. The van der Waals surface area contributed by atoms with Crippen LogP contribution in [0, 0.1) is 0 Å². The second kappa shape index (κ2) is 16.0. The monoisotopic (exact) mass is 815 g/mol. The first-order valence-corrected chi connectivity index (χ1v) is 21.3. The third-order valence-corrected chi connectivity index (χ3v) is 11.8. The minimum Gasteiger partial charge on any atom is -0.310 e. The summed E-state index contributed by atoms with van der Waals surface area (Å²) < 4.78 is 2.11. The van der Waals surface area contributed by atoms with Gasteiger partial charge in [-0.3, -0.25) is 9.30 Å². The van der Waals surface area contributed by atoms with Crippen molar-refractivity contribution >= 4 is 79.3 Å². The molecule has 0 saturated heterocycles. The molecule has 9 rings (SSSR count).